The molecule has 3 atom stereocenters. The molecule has 3 aromatic rings. The number of para-hydroxylation sites is 1. The number of amides is 5. The highest BCUT2D eigenvalue weighted by Crippen LogP contribution is 2.31. The van der Waals surface area contributed by atoms with E-state index in [2.05, 4.69) is 21.1 Å². The molecule has 0 aliphatic carbocycles. The molecule has 1 aromatic heterocycles. The summed E-state index contributed by atoms with van der Waals surface area (Å²) in [5.74, 6) is 0.273. The fraction of sp³-hybridized carbons (Fsp3) is 0.379. The van der Waals surface area contributed by atoms with Crippen LogP contribution in [0.2, 0.25) is 0 Å². The molecule has 41 heavy (non-hydrogen) atoms. The second-order valence-electron chi connectivity index (χ2n) is 10.3. The van der Waals surface area contributed by atoms with Gasteiger partial charge in [0.25, 0.3) is 5.91 Å². The van der Waals surface area contributed by atoms with Crippen molar-refractivity contribution >= 4 is 35.0 Å². The normalized spacial score (nSPS) is 17.4. The second kappa shape index (κ2) is 12.7. The Morgan fingerprint density at radius 2 is 1.85 bits per heavy atom. The molecular weight excluding hydrogens is 528 g/mol. The summed E-state index contributed by atoms with van der Waals surface area (Å²) in [5, 5.41) is 22.0. The molecular formula is C29H36N6O6. The molecule has 0 radical (unpaired) electrons. The van der Waals surface area contributed by atoms with Crippen LogP contribution in [0.15, 0.2) is 53.1 Å². The quantitative estimate of drug-likeness (QED) is 0.334. The molecule has 2 heterocycles. The minimum Gasteiger partial charge on any atom is -0.487 e. The average molecular weight is 565 g/mol. The van der Waals surface area contributed by atoms with Gasteiger partial charge in [0.05, 0.1) is 24.8 Å². The number of nitrogens with one attached hydrogen (secondary N) is 3. The van der Waals surface area contributed by atoms with E-state index < -0.39 is 18.2 Å². The Morgan fingerprint density at radius 1 is 1.12 bits per heavy atom. The van der Waals surface area contributed by atoms with Crippen molar-refractivity contribution in [3.05, 3.63) is 65.5 Å². The van der Waals surface area contributed by atoms with Gasteiger partial charge in [-0.3, -0.25) is 4.79 Å². The minimum atomic E-state index is -0.531. The number of anilines is 3. The molecule has 0 bridgehead atoms. The van der Waals surface area contributed by atoms with Crippen molar-refractivity contribution in [2.75, 3.05) is 42.7 Å². The van der Waals surface area contributed by atoms with Crippen molar-refractivity contribution in [1.82, 2.24) is 15.0 Å². The molecule has 4 rings (SSSR count). The van der Waals surface area contributed by atoms with Crippen molar-refractivity contribution < 1.29 is 28.8 Å². The molecule has 12 heteroatoms. The Balaban J connectivity index is 1.56. The van der Waals surface area contributed by atoms with Crippen LogP contribution in [0.4, 0.5) is 26.7 Å². The van der Waals surface area contributed by atoms with Gasteiger partial charge in [-0.1, -0.05) is 30.3 Å². The Hall–Kier alpha value is -4.58. The monoisotopic (exact) mass is 564 g/mol. The van der Waals surface area contributed by atoms with E-state index in [9.17, 15) is 19.5 Å². The maximum Gasteiger partial charge on any atom is 0.323 e. The highest BCUT2D eigenvalue weighted by atomic mass is 16.5. The summed E-state index contributed by atoms with van der Waals surface area (Å²) in [6, 6.07) is 12.7. The van der Waals surface area contributed by atoms with Gasteiger partial charge in [-0.25, -0.2) is 9.59 Å². The Kier molecular flexibility index (Phi) is 9.13. The predicted octanol–water partition coefficient (Wildman–Crippen LogP) is 4.32. The van der Waals surface area contributed by atoms with Crippen LogP contribution in [-0.4, -0.2) is 76.9 Å². The Morgan fingerprint density at radius 3 is 2.51 bits per heavy atom. The van der Waals surface area contributed by atoms with E-state index in [1.165, 1.54) is 4.90 Å². The smallest absolute Gasteiger partial charge is 0.323 e. The molecule has 218 valence electrons. The van der Waals surface area contributed by atoms with E-state index in [0.717, 1.165) is 0 Å². The third-order valence-electron chi connectivity index (χ3n) is 7.02. The van der Waals surface area contributed by atoms with Crippen molar-refractivity contribution in [1.29, 1.82) is 0 Å². The molecule has 0 fully saturated rings. The van der Waals surface area contributed by atoms with Crippen LogP contribution in [-0.2, 0) is 0 Å². The highest BCUT2D eigenvalue weighted by molar-refractivity contribution is 6.03. The first-order valence-corrected chi connectivity index (χ1v) is 13.4. The van der Waals surface area contributed by atoms with Crippen molar-refractivity contribution in [3.8, 4) is 5.75 Å². The highest BCUT2D eigenvalue weighted by Gasteiger charge is 2.34. The van der Waals surface area contributed by atoms with Crippen LogP contribution < -0.4 is 20.7 Å². The fourth-order valence-corrected chi connectivity index (χ4v) is 4.55. The zero-order valence-electron chi connectivity index (χ0n) is 23.8. The molecule has 12 nitrogen and oxygen atoms in total. The van der Waals surface area contributed by atoms with E-state index in [0.29, 0.717) is 40.8 Å². The molecule has 0 saturated carbocycles. The fourth-order valence-electron chi connectivity index (χ4n) is 4.55. The summed E-state index contributed by atoms with van der Waals surface area (Å²) >= 11 is 0. The lowest BCUT2D eigenvalue weighted by molar-refractivity contribution is 0.0371. The SMILES string of the molecule is Cc1noc(C)c1NC(=O)Nc1ccc2c(c1)C(=O)N([C@H](C)CO)C[C@@H](C)[C@@H](CN(C)C(=O)Nc1ccccc1)O2. The van der Waals surface area contributed by atoms with Gasteiger partial charge in [0.15, 0.2) is 5.76 Å². The van der Waals surface area contributed by atoms with Gasteiger partial charge in [0.2, 0.25) is 0 Å². The number of benzene rings is 2. The number of urea groups is 2. The van der Waals surface area contributed by atoms with Crippen LogP contribution in [0.25, 0.3) is 0 Å². The van der Waals surface area contributed by atoms with Gasteiger partial charge >= 0.3 is 12.1 Å². The molecule has 1 aliphatic rings. The van der Waals surface area contributed by atoms with E-state index >= 15 is 0 Å². The van der Waals surface area contributed by atoms with Crippen molar-refractivity contribution in [3.63, 3.8) is 0 Å². The largest absolute Gasteiger partial charge is 0.487 e. The van der Waals surface area contributed by atoms with E-state index in [1.807, 2.05) is 25.1 Å². The molecule has 4 N–H and O–H groups in total. The molecule has 2 aromatic carbocycles. The number of rotatable bonds is 7. The molecule has 1 aliphatic heterocycles. The number of ether oxygens (including phenoxy) is 1. The van der Waals surface area contributed by atoms with Crippen LogP contribution in [0.1, 0.15) is 35.7 Å². The predicted molar refractivity (Wildman–Crippen MR) is 154 cm³/mol. The Labute approximate surface area is 238 Å². The minimum absolute atomic E-state index is 0.174. The molecule has 0 spiro atoms. The van der Waals surface area contributed by atoms with Gasteiger partial charge in [-0.2, -0.15) is 0 Å². The number of aromatic nitrogens is 1. The number of aliphatic hydroxyl groups is 1. The number of hydrogen-bond donors (Lipinski definition) is 4. The Bertz CT molecular complexity index is 1370. The van der Waals surface area contributed by atoms with Gasteiger partial charge < -0.3 is 40.1 Å². The van der Waals surface area contributed by atoms with Crippen LogP contribution in [0.5, 0.6) is 5.75 Å². The lowest BCUT2D eigenvalue weighted by atomic mass is 9.99. The van der Waals surface area contributed by atoms with Gasteiger partial charge in [-0.15, -0.1) is 0 Å². The first-order chi connectivity index (χ1) is 19.6. The number of fused-ring (bicyclic) bond motifs is 1. The standard InChI is InChI=1S/C29H36N6O6/c1-17-14-35(18(2)16-36)27(37)23-13-22(30-28(38)32-26-19(3)33-41-20(26)4)11-12-24(23)40-25(17)15-34(5)29(39)31-21-9-7-6-8-10-21/h6-13,17-18,25,36H,14-16H2,1-5H3,(H,31,39)(H2,30,32,38)/t17-,18-,25-/m1/s1. The average Bonchev–Trinajstić information content (AvgIpc) is 3.27. The van der Waals surface area contributed by atoms with E-state index in [4.69, 9.17) is 9.26 Å². The zero-order valence-corrected chi connectivity index (χ0v) is 23.8. The maximum atomic E-state index is 13.7. The van der Waals surface area contributed by atoms with Crippen molar-refractivity contribution in [2.24, 2.45) is 5.92 Å². The number of likely N-dealkylation sites (N-methyl/N-ethyl adjacent to an activating group) is 1. The van der Waals surface area contributed by atoms with E-state index in [-0.39, 0.29) is 36.6 Å². The number of nitrogens with zero attached hydrogens (tertiary/aromatic N) is 3. The number of aliphatic hydroxyl groups excluding tert-OH is 1. The first kappa shape index (κ1) is 29.4. The van der Waals surface area contributed by atoms with E-state index in [1.54, 1.807) is 63.1 Å². The molecule has 0 saturated heterocycles. The number of carbonyl (C=O) groups excluding carboxylic acids is 3. The van der Waals surface area contributed by atoms with Gasteiger partial charge in [0, 0.05) is 30.9 Å². The molecule has 5 amide bonds. The number of carbonyl (C=O) groups is 3. The van der Waals surface area contributed by atoms with Crippen LogP contribution >= 0.6 is 0 Å². The lowest BCUT2D eigenvalue weighted by Crippen LogP contribution is -2.50. The number of hydrogen-bond acceptors (Lipinski definition) is 7. The van der Waals surface area contributed by atoms with Crippen LogP contribution in [0, 0.1) is 19.8 Å². The summed E-state index contributed by atoms with van der Waals surface area (Å²) in [7, 11) is 1.68. The maximum absolute atomic E-state index is 13.7. The summed E-state index contributed by atoms with van der Waals surface area (Å²) in [6.07, 6.45) is -0.469. The van der Waals surface area contributed by atoms with Gasteiger partial charge in [0.1, 0.15) is 23.2 Å². The summed E-state index contributed by atoms with van der Waals surface area (Å²) in [6.45, 7) is 7.42. The first-order valence-electron chi connectivity index (χ1n) is 13.4. The lowest BCUT2D eigenvalue weighted by Gasteiger charge is -2.38. The third kappa shape index (κ3) is 6.95. The molecule has 0 unspecified atom stereocenters. The topological polar surface area (TPSA) is 149 Å². The van der Waals surface area contributed by atoms with Gasteiger partial charge in [-0.05, 0) is 51.1 Å². The third-order valence-corrected chi connectivity index (χ3v) is 7.02. The zero-order chi connectivity index (χ0) is 29.7. The number of aryl methyl sites for hydroxylation is 2. The van der Waals surface area contributed by atoms with Crippen LogP contribution in [0.3, 0.4) is 0 Å². The summed E-state index contributed by atoms with van der Waals surface area (Å²) < 4.78 is 11.4. The second-order valence-corrected chi connectivity index (χ2v) is 10.3. The van der Waals surface area contributed by atoms with Crippen molar-refractivity contribution in [2.45, 2.75) is 39.8 Å². The summed E-state index contributed by atoms with van der Waals surface area (Å²) in [4.78, 5) is 42.4. The summed E-state index contributed by atoms with van der Waals surface area (Å²) in [5.41, 5.74) is 2.28.